The summed E-state index contributed by atoms with van der Waals surface area (Å²) in [5.41, 5.74) is 2.29. The van der Waals surface area contributed by atoms with Gasteiger partial charge in [-0.2, -0.15) is 13.2 Å². The van der Waals surface area contributed by atoms with Gasteiger partial charge in [0.15, 0.2) is 5.82 Å². The molecule has 196 valence electrons. The van der Waals surface area contributed by atoms with Crippen molar-refractivity contribution >= 4 is 28.8 Å². The van der Waals surface area contributed by atoms with E-state index in [0.29, 0.717) is 24.4 Å². The van der Waals surface area contributed by atoms with E-state index in [1.54, 1.807) is 11.3 Å². The maximum Gasteiger partial charge on any atom is 0.433 e. The molecule has 0 saturated carbocycles. The standard InChI is InChI=1S/C26H22ClF3N6OS/c1-13-34-35-21-12-31-23(16-6-2-3-7-18(16)27)22-17-9-14(10-19(17)38-25(22)36(13)21)24(37)32-11-15-5-4-8-20(33-15)26(28,29)30/h2-8,14,23,31H,9-12H2,1H3,(H,32,37)/t14-,23-/m0/s1. The number of aryl methyl sites for hydroxylation is 1. The molecule has 0 spiro atoms. The number of pyridine rings is 1. The van der Waals surface area contributed by atoms with E-state index in [-0.39, 0.29) is 30.1 Å². The molecule has 0 bridgehead atoms. The van der Waals surface area contributed by atoms with Crippen LogP contribution in [0, 0.1) is 12.8 Å². The molecule has 2 aliphatic rings. The minimum atomic E-state index is -4.53. The second-order valence-corrected chi connectivity index (χ2v) is 10.9. The van der Waals surface area contributed by atoms with Gasteiger partial charge in [-0.05, 0) is 49.1 Å². The topological polar surface area (TPSA) is 84.7 Å². The average Bonchev–Trinajstić information content (AvgIpc) is 3.53. The first-order valence-corrected chi connectivity index (χ1v) is 13.2. The first-order chi connectivity index (χ1) is 18.2. The van der Waals surface area contributed by atoms with Gasteiger partial charge in [-0.1, -0.05) is 35.9 Å². The Hall–Kier alpha value is -3.28. The summed E-state index contributed by atoms with van der Waals surface area (Å²) in [4.78, 5) is 17.8. The van der Waals surface area contributed by atoms with E-state index >= 15 is 0 Å². The van der Waals surface area contributed by atoms with E-state index in [1.165, 1.54) is 12.1 Å². The number of amides is 1. The number of rotatable bonds is 4. The fourth-order valence-electron chi connectivity index (χ4n) is 5.21. The molecule has 2 N–H and O–H groups in total. The summed E-state index contributed by atoms with van der Waals surface area (Å²) in [5, 5.41) is 16.7. The van der Waals surface area contributed by atoms with Crippen molar-refractivity contribution in [3.8, 4) is 5.00 Å². The minimum Gasteiger partial charge on any atom is -0.350 e. The number of carbonyl (C=O) groups is 1. The Bertz CT molecular complexity index is 1550. The Morgan fingerprint density at radius 2 is 2.00 bits per heavy atom. The summed E-state index contributed by atoms with van der Waals surface area (Å²) in [6, 6.07) is 11.2. The van der Waals surface area contributed by atoms with Crippen LogP contribution in [-0.2, 0) is 36.9 Å². The molecule has 4 heterocycles. The zero-order valence-corrected chi connectivity index (χ0v) is 21.7. The molecule has 7 nitrogen and oxygen atoms in total. The highest BCUT2D eigenvalue weighted by Gasteiger charge is 2.38. The van der Waals surface area contributed by atoms with Gasteiger partial charge in [0.2, 0.25) is 5.91 Å². The van der Waals surface area contributed by atoms with Gasteiger partial charge in [0.1, 0.15) is 16.5 Å². The Morgan fingerprint density at radius 3 is 2.79 bits per heavy atom. The van der Waals surface area contributed by atoms with Crippen molar-refractivity contribution in [2.24, 2.45) is 5.92 Å². The van der Waals surface area contributed by atoms with Crippen molar-refractivity contribution in [2.75, 3.05) is 0 Å². The molecule has 0 radical (unpaired) electrons. The van der Waals surface area contributed by atoms with E-state index in [4.69, 9.17) is 11.6 Å². The number of hydrogen-bond acceptors (Lipinski definition) is 6. The minimum absolute atomic E-state index is 0.0714. The fraction of sp³-hybridized carbons (Fsp3) is 0.308. The van der Waals surface area contributed by atoms with Crippen LogP contribution in [0.2, 0.25) is 5.02 Å². The fourth-order valence-corrected chi connectivity index (χ4v) is 6.96. The van der Waals surface area contributed by atoms with Crippen molar-refractivity contribution in [1.82, 2.24) is 30.4 Å². The summed E-state index contributed by atoms with van der Waals surface area (Å²) in [5.74, 6) is 1.05. The smallest absolute Gasteiger partial charge is 0.350 e. The third-order valence-corrected chi connectivity index (χ3v) is 8.57. The zero-order chi connectivity index (χ0) is 26.6. The van der Waals surface area contributed by atoms with Crippen molar-refractivity contribution in [1.29, 1.82) is 0 Å². The zero-order valence-electron chi connectivity index (χ0n) is 20.1. The van der Waals surface area contributed by atoms with Crippen molar-refractivity contribution in [3.63, 3.8) is 0 Å². The number of benzene rings is 1. The lowest BCUT2D eigenvalue weighted by Gasteiger charge is -2.20. The third kappa shape index (κ3) is 4.38. The number of carbonyl (C=O) groups excluding carboxylic acids is 1. The normalized spacial score (nSPS) is 18.4. The van der Waals surface area contributed by atoms with Crippen LogP contribution in [0.15, 0.2) is 42.5 Å². The summed E-state index contributed by atoms with van der Waals surface area (Å²) in [7, 11) is 0. The van der Waals surface area contributed by atoms with Crippen LogP contribution in [0.5, 0.6) is 0 Å². The Labute approximate surface area is 225 Å². The molecule has 12 heteroatoms. The number of fused-ring (bicyclic) bond motifs is 5. The van der Waals surface area contributed by atoms with Gasteiger partial charge in [-0.3, -0.25) is 14.7 Å². The van der Waals surface area contributed by atoms with Crippen LogP contribution in [0.4, 0.5) is 13.2 Å². The second kappa shape index (κ2) is 9.48. The number of hydrogen-bond donors (Lipinski definition) is 2. The summed E-state index contributed by atoms with van der Waals surface area (Å²) < 4.78 is 41.1. The molecule has 1 amide bonds. The number of alkyl halides is 3. The number of nitrogens with one attached hydrogen (secondary N) is 2. The molecule has 1 aromatic carbocycles. The van der Waals surface area contributed by atoms with Gasteiger partial charge < -0.3 is 5.32 Å². The van der Waals surface area contributed by atoms with E-state index in [0.717, 1.165) is 44.3 Å². The highest BCUT2D eigenvalue weighted by atomic mass is 35.5. The molecule has 6 rings (SSSR count). The van der Waals surface area contributed by atoms with Gasteiger partial charge in [-0.15, -0.1) is 21.5 Å². The maximum atomic E-state index is 13.1. The number of thiophene rings is 1. The van der Waals surface area contributed by atoms with Gasteiger partial charge in [-0.25, -0.2) is 4.98 Å². The molecule has 1 aliphatic heterocycles. The molecule has 4 aromatic rings. The van der Waals surface area contributed by atoms with Crippen LogP contribution in [0.25, 0.3) is 5.00 Å². The monoisotopic (exact) mass is 558 g/mol. The molecular weight excluding hydrogens is 537 g/mol. The van der Waals surface area contributed by atoms with Crippen LogP contribution >= 0.6 is 22.9 Å². The maximum absolute atomic E-state index is 13.1. The Kier molecular flexibility index (Phi) is 6.24. The molecular formula is C26H22ClF3N6OS. The lowest BCUT2D eigenvalue weighted by atomic mass is 9.95. The van der Waals surface area contributed by atoms with Gasteiger partial charge in [0, 0.05) is 21.4 Å². The highest BCUT2D eigenvalue weighted by Crippen LogP contribution is 2.47. The summed E-state index contributed by atoms with van der Waals surface area (Å²) in [6.45, 7) is 2.35. The summed E-state index contributed by atoms with van der Waals surface area (Å²) in [6.07, 6.45) is -3.48. The molecule has 0 saturated heterocycles. The quantitative estimate of drug-likeness (QED) is 0.371. The van der Waals surface area contributed by atoms with Crippen LogP contribution in [0.3, 0.4) is 0 Å². The van der Waals surface area contributed by atoms with Gasteiger partial charge in [0.25, 0.3) is 0 Å². The lowest BCUT2D eigenvalue weighted by molar-refractivity contribution is -0.141. The molecule has 2 atom stereocenters. The third-order valence-electron chi connectivity index (χ3n) is 6.97. The van der Waals surface area contributed by atoms with Crippen molar-refractivity contribution in [2.45, 2.75) is 45.1 Å². The number of aromatic nitrogens is 4. The SMILES string of the molecule is Cc1nnc2n1-c1sc3c(c1[C@H](c1ccccc1Cl)NC2)C[C@H](C(=O)NCc1cccc(C(F)(F)F)n1)C3. The van der Waals surface area contributed by atoms with Crippen LogP contribution in [0.1, 0.15) is 50.6 Å². The van der Waals surface area contributed by atoms with Gasteiger partial charge in [0.05, 0.1) is 24.8 Å². The van der Waals surface area contributed by atoms with E-state index in [9.17, 15) is 18.0 Å². The Morgan fingerprint density at radius 1 is 1.18 bits per heavy atom. The predicted octanol–water partition coefficient (Wildman–Crippen LogP) is 4.93. The lowest BCUT2D eigenvalue weighted by Crippen LogP contribution is -2.31. The van der Waals surface area contributed by atoms with E-state index < -0.39 is 11.9 Å². The number of nitrogens with zero attached hydrogens (tertiary/aromatic N) is 4. The van der Waals surface area contributed by atoms with Crippen molar-refractivity contribution in [3.05, 3.63) is 92.1 Å². The largest absolute Gasteiger partial charge is 0.433 e. The average molecular weight is 559 g/mol. The van der Waals surface area contributed by atoms with E-state index in [1.807, 2.05) is 31.2 Å². The molecule has 0 unspecified atom stereocenters. The molecule has 1 aliphatic carbocycles. The second-order valence-electron chi connectivity index (χ2n) is 9.39. The highest BCUT2D eigenvalue weighted by molar-refractivity contribution is 7.15. The van der Waals surface area contributed by atoms with Crippen LogP contribution < -0.4 is 10.6 Å². The number of halogens is 4. The van der Waals surface area contributed by atoms with Crippen LogP contribution in [-0.4, -0.2) is 25.7 Å². The predicted molar refractivity (Wildman–Crippen MR) is 136 cm³/mol. The van der Waals surface area contributed by atoms with Gasteiger partial charge >= 0.3 is 6.18 Å². The molecule has 3 aromatic heterocycles. The van der Waals surface area contributed by atoms with Crippen molar-refractivity contribution < 1.29 is 18.0 Å². The molecule has 38 heavy (non-hydrogen) atoms. The summed E-state index contributed by atoms with van der Waals surface area (Å²) >= 11 is 8.24. The molecule has 0 fully saturated rings. The first-order valence-electron chi connectivity index (χ1n) is 12.0. The Balaban J connectivity index is 1.28. The van der Waals surface area contributed by atoms with E-state index in [2.05, 4.69) is 30.4 Å². The first kappa shape index (κ1) is 25.0.